The second-order valence-electron chi connectivity index (χ2n) is 8.30. The van der Waals surface area contributed by atoms with E-state index < -0.39 is 6.10 Å². The second-order valence-corrected chi connectivity index (χ2v) is 8.30. The summed E-state index contributed by atoms with van der Waals surface area (Å²) >= 11 is 0. The number of ether oxygens (including phenoxy) is 1. The molecule has 2 aromatic heterocycles. The van der Waals surface area contributed by atoms with E-state index in [1.807, 2.05) is 90.5 Å². The van der Waals surface area contributed by atoms with E-state index in [1.165, 1.54) is 0 Å². The van der Waals surface area contributed by atoms with Gasteiger partial charge in [-0.15, -0.1) is 6.58 Å². The molecule has 0 saturated heterocycles. The van der Waals surface area contributed by atoms with Crippen molar-refractivity contribution in [1.82, 2.24) is 14.7 Å². The van der Waals surface area contributed by atoms with E-state index in [4.69, 9.17) is 14.3 Å². The van der Waals surface area contributed by atoms with Gasteiger partial charge in [-0.25, -0.2) is 4.68 Å². The number of aryl methyl sites for hydroxylation is 1. The number of aliphatic hydroxyl groups is 1. The van der Waals surface area contributed by atoms with Gasteiger partial charge in [-0.05, 0) is 56.2 Å². The monoisotopic (exact) mass is 457 g/mol. The minimum Gasteiger partial charge on any atom is -0.468 e. The number of hydrogen-bond acceptors (Lipinski definition) is 5. The lowest BCUT2D eigenvalue weighted by atomic mass is 10.1. The summed E-state index contributed by atoms with van der Waals surface area (Å²) in [5.74, 6) is 2.25. The molecule has 1 unspecified atom stereocenters. The van der Waals surface area contributed by atoms with Crippen molar-refractivity contribution in [2.24, 2.45) is 0 Å². The maximum atomic E-state index is 10.6. The lowest BCUT2D eigenvalue weighted by Gasteiger charge is -2.24. The average Bonchev–Trinajstić information content (AvgIpc) is 3.47. The molecule has 1 N–H and O–H groups in total. The number of nitrogens with zero attached hydrogens (tertiary/aromatic N) is 3. The number of para-hydroxylation sites is 2. The molecule has 0 aliphatic heterocycles. The third-order valence-corrected chi connectivity index (χ3v) is 5.61. The molecule has 0 bridgehead atoms. The summed E-state index contributed by atoms with van der Waals surface area (Å²) in [6.07, 6.45) is 4.46. The van der Waals surface area contributed by atoms with E-state index in [-0.39, 0.29) is 0 Å². The molecule has 0 spiro atoms. The maximum absolute atomic E-state index is 10.6. The Morgan fingerprint density at radius 1 is 1.06 bits per heavy atom. The average molecular weight is 458 g/mol. The molecule has 1 atom stereocenters. The van der Waals surface area contributed by atoms with Crippen LogP contribution in [0.3, 0.4) is 0 Å². The summed E-state index contributed by atoms with van der Waals surface area (Å²) in [4.78, 5) is 2.17. The van der Waals surface area contributed by atoms with E-state index >= 15 is 0 Å². The highest BCUT2D eigenvalue weighted by atomic mass is 16.5. The first kappa shape index (κ1) is 23.5. The molecule has 0 saturated carbocycles. The van der Waals surface area contributed by atoms with Crippen molar-refractivity contribution in [3.05, 3.63) is 109 Å². The Labute approximate surface area is 200 Å². The molecule has 0 aliphatic rings. The van der Waals surface area contributed by atoms with Crippen LogP contribution in [0.15, 0.2) is 96.1 Å². The van der Waals surface area contributed by atoms with Gasteiger partial charge in [0.15, 0.2) is 0 Å². The predicted molar refractivity (Wildman–Crippen MR) is 133 cm³/mol. The quantitative estimate of drug-likeness (QED) is 0.269. The number of hydrogen-bond donors (Lipinski definition) is 1. The number of rotatable bonds is 12. The zero-order valence-electron chi connectivity index (χ0n) is 19.5. The fourth-order valence-corrected chi connectivity index (χ4v) is 3.90. The van der Waals surface area contributed by atoms with E-state index in [9.17, 15) is 5.11 Å². The summed E-state index contributed by atoms with van der Waals surface area (Å²) in [7, 11) is 0. The Bertz CT molecular complexity index is 1150. The lowest BCUT2D eigenvalue weighted by Crippen LogP contribution is -2.32. The highest BCUT2D eigenvalue weighted by molar-refractivity contribution is 5.43. The SMILES string of the molecule is C=CCCC(O)CN(Cc1ccco1)Cc1c(C)nn(-c2ccccc2)c1Oc1ccccc1. The normalized spacial score (nSPS) is 12.1. The molecule has 176 valence electrons. The fraction of sp³-hybridized carbons (Fsp3) is 0.250. The van der Waals surface area contributed by atoms with Gasteiger partial charge in [-0.3, -0.25) is 4.90 Å². The van der Waals surface area contributed by atoms with Crippen LogP contribution in [0.5, 0.6) is 11.6 Å². The summed E-state index contributed by atoms with van der Waals surface area (Å²) in [5, 5.41) is 15.5. The van der Waals surface area contributed by atoms with E-state index in [0.29, 0.717) is 31.9 Å². The van der Waals surface area contributed by atoms with Crippen LogP contribution in [-0.4, -0.2) is 32.4 Å². The van der Waals surface area contributed by atoms with Crippen LogP contribution in [0.4, 0.5) is 0 Å². The Hall–Kier alpha value is -3.61. The second kappa shape index (κ2) is 11.5. The lowest BCUT2D eigenvalue weighted by molar-refractivity contribution is 0.0939. The van der Waals surface area contributed by atoms with Crippen LogP contribution in [0.2, 0.25) is 0 Å². The molecule has 34 heavy (non-hydrogen) atoms. The van der Waals surface area contributed by atoms with Crippen LogP contribution < -0.4 is 4.74 Å². The van der Waals surface area contributed by atoms with Crippen LogP contribution >= 0.6 is 0 Å². The molecule has 2 aromatic carbocycles. The third-order valence-electron chi connectivity index (χ3n) is 5.61. The summed E-state index contributed by atoms with van der Waals surface area (Å²) in [6.45, 7) is 7.37. The minimum absolute atomic E-state index is 0.476. The molecule has 0 aliphatic carbocycles. The van der Waals surface area contributed by atoms with Gasteiger partial charge in [0, 0.05) is 13.1 Å². The standard InChI is InChI=1S/C28H31N3O3/c1-3-4-14-24(32)19-30(20-26-17-11-18-33-26)21-27-22(2)29-31(23-12-7-5-8-13-23)28(27)34-25-15-9-6-10-16-25/h3,5-13,15-18,24,32H,1,4,14,19-21H2,2H3. The topological polar surface area (TPSA) is 63.7 Å². The van der Waals surface area contributed by atoms with Crippen LogP contribution in [0.25, 0.3) is 5.69 Å². The highest BCUT2D eigenvalue weighted by Gasteiger charge is 2.23. The first-order chi connectivity index (χ1) is 16.6. The molecule has 0 radical (unpaired) electrons. The van der Waals surface area contributed by atoms with Crippen LogP contribution in [0.1, 0.15) is 29.9 Å². The van der Waals surface area contributed by atoms with Gasteiger partial charge in [-0.2, -0.15) is 5.10 Å². The van der Waals surface area contributed by atoms with Gasteiger partial charge in [0.05, 0.1) is 35.9 Å². The van der Waals surface area contributed by atoms with E-state index in [2.05, 4.69) is 11.5 Å². The number of aromatic nitrogens is 2. The Kier molecular flexibility index (Phi) is 7.96. The van der Waals surface area contributed by atoms with Crippen LogP contribution in [-0.2, 0) is 13.1 Å². The van der Waals surface area contributed by atoms with Crippen molar-refractivity contribution in [2.45, 2.75) is 39.0 Å². The molecule has 6 heteroatoms. The number of benzene rings is 2. The number of allylic oxidation sites excluding steroid dienone is 1. The summed E-state index contributed by atoms with van der Waals surface area (Å²) < 4.78 is 13.8. The van der Waals surface area contributed by atoms with E-state index in [0.717, 1.165) is 34.9 Å². The zero-order chi connectivity index (χ0) is 23.8. The Morgan fingerprint density at radius 2 is 1.79 bits per heavy atom. The van der Waals surface area contributed by atoms with E-state index in [1.54, 1.807) is 6.26 Å². The largest absolute Gasteiger partial charge is 0.468 e. The first-order valence-electron chi connectivity index (χ1n) is 11.5. The van der Waals surface area contributed by atoms with Crippen LogP contribution in [0, 0.1) is 6.92 Å². The van der Waals surface area contributed by atoms with Crippen molar-refractivity contribution in [1.29, 1.82) is 0 Å². The minimum atomic E-state index is -0.476. The van der Waals surface area contributed by atoms with Gasteiger partial charge in [0.1, 0.15) is 11.5 Å². The molecule has 6 nitrogen and oxygen atoms in total. The van der Waals surface area contributed by atoms with Gasteiger partial charge in [0.25, 0.3) is 0 Å². The van der Waals surface area contributed by atoms with Crippen molar-refractivity contribution >= 4 is 0 Å². The smallest absolute Gasteiger partial charge is 0.227 e. The van der Waals surface area contributed by atoms with Gasteiger partial charge in [-0.1, -0.05) is 42.5 Å². The molecule has 4 aromatic rings. The molecule has 0 amide bonds. The Morgan fingerprint density at radius 3 is 2.47 bits per heavy atom. The molecular weight excluding hydrogens is 426 g/mol. The molecule has 2 heterocycles. The maximum Gasteiger partial charge on any atom is 0.227 e. The molecule has 0 fully saturated rings. The van der Waals surface area contributed by atoms with Crippen molar-refractivity contribution < 1.29 is 14.3 Å². The zero-order valence-corrected chi connectivity index (χ0v) is 19.5. The third kappa shape index (κ3) is 6.04. The highest BCUT2D eigenvalue weighted by Crippen LogP contribution is 2.32. The van der Waals surface area contributed by atoms with Crippen molar-refractivity contribution in [2.75, 3.05) is 6.54 Å². The van der Waals surface area contributed by atoms with Gasteiger partial charge < -0.3 is 14.3 Å². The van der Waals surface area contributed by atoms with Gasteiger partial charge in [0.2, 0.25) is 5.88 Å². The van der Waals surface area contributed by atoms with Crippen molar-refractivity contribution in [3.8, 4) is 17.3 Å². The number of aliphatic hydroxyl groups excluding tert-OH is 1. The number of furan rings is 1. The predicted octanol–water partition coefficient (Wildman–Crippen LogP) is 5.90. The molecular formula is C28H31N3O3. The van der Waals surface area contributed by atoms with Gasteiger partial charge >= 0.3 is 0 Å². The Balaban J connectivity index is 1.68. The summed E-state index contributed by atoms with van der Waals surface area (Å²) in [6, 6.07) is 23.5. The fourth-order valence-electron chi connectivity index (χ4n) is 3.90. The molecule has 4 rings (SSSR count). The van der Waals surface area contributed by atoms with Crippen molar-refractivity contribution in [3.63, 3.8) is 0 Å². The first-order valence-corrected chi connectivity index (χ1v) is 11.5. The summed E-state index contributed by atoms with van der Waals surface area (Å²) in [5.41, 5.74) is 2.77.